The monoisotopic (exact) mass is 274 g/mol. The van der Waals surface area contributed by atoms with Gasteiger partial charge in [-0.2, -0.15) is 0 Å². The third-order valence-electron chi connectivity index (χ3n) is 3.89. The van der Waals surface area contributed by atoms with Gasteiger partial charge in [0.1, 0.15) is 0 Å². The van der Waals surface area contributed by atoms with Crippen LogP contribution in [0.2, 0.25) is 0 Å². The van der Waals surface area contributed by atoms with E-state index in [1.165, 1.54) is 0 Å². The summed E-state index contributed by atoms with van der Waals surface area (Å²) in [6.45, 7) is 6.57. The highest BCUT2D eigenvalue weighted by molar-refractivity contribution is 7.91. The fourth-order valence-electron chi connectivity index (χ4n) is 2.81. The smallest absolute Gasteiger partial charge is 0.241 e. The first-order valence-electron chi connectivity index (χ1n) is 6.57. The molecule has 3 atom stereocenters. The molecule has 0 bridgehead atoms. The maximum absolute atomic E-state index is 12.2. The van der Waals surface area contributed by atoms with Crippen molar-refractivity contribution >= 4 is 15.7 Å². The molecule has 0 aromatic rings. The Balaban J connectivity index is 2.00. The zero-order valence-corrected chi connectivity index (χ0v) is 12.0. The summed E-state index contributed by atoms with van der Waals surface area (Å²) < 4.78 is 22.9. The lowest BCUT2D eigenvalue weighted by molar-refractivity contribution is -0.131. The van der Waals surface area contributed by atoms with Gasteiger partial charge in [-0.3, -0.25) is 10.1 Å². The van der Waals surface area contributed by atoms with Crippen LogP contribution in [0.15, 0.2) is 0 Å². The molecular weight excluding hydrogens is 252 g/mol. The first kappa shape index (κ1) is 13.8. The molecule has 2 rings (SSSR count). The second kappa shape index (κ2) is 4.81. The minimum absolute atomic E-state index is 0.00760. The highest BCUT2D eigenvalue weighted by atomic mass is 32.2. The van der Waals surface area contributed by atoms with Gasteiger partial charge >= 0.3 is 0 Å². The Hall–Kier alpha value is -0.620. The van der Waals surface area contributed by atoms with E-state index >= 15 is 0 Å². The van der Waals surface area contributed by atoms with Crippen molar-refractivity contribution in [3.8, 4) is 0 Å². The lowest BCUT2D eigenvalue weighted by Gasteiger charge is -2.23. The summed E-state index contributed by atoms with van der Waals surface area (Å²) >= 11 is 0. The van der Waals surface area contributed by atoms with Crippen molar-refractivity contribution in [3.63, 3.8) is 0 Å². The Morgan fingerprint density at radius 1 is 1.44 bits per heavy atom. The van der Waals surface area contributed by atoms with E-state index in [0.29, 0.717) is 13.0 Å². The molecule has 2 aliphatic rings. The Bertz CT molecular complexity index is 433. The normalized spacial score (nSPS) is 35.7. The van der Waals surface area contributed by atoms with Crippen LogP contribution >= 0.6 is 0 Å². The first-order chi connectivity index (χ1) is 8.30. The first-order valence-corrected chi connectivity index (χ1v) is 8.39. The molecule has 18 heavy (non-hydrogen) atoms. The van der Waals surface area contributed by atoms with E-state index < -0.39 is 9.84 Å². The van der Waals surface area contributed by atoms with Crippen molar-refractivity contribution in [3.05, 3.63) is 0 Å². The van der Waals surface area contributed by atoms with E-state index in [9.17, 15) is 13.2 Å². The second-order valence-corrected chi connectivity index (χ2v) is 8.05. The van der Waals surface area contributed by atoms with Crippen LogP contribution in [0.5, 0.6) is 0 Å². The zero-order chi connectivity index (χ0) is 13.5. The summed E-state index contributed by atoms with van der Waals surface area (Å²) in [5, 5.41) is 3.27. The number of hydrogen-bond donors (Lipinski definition) is 1. The number of nitrogens with one attached hydrogen (secondary N) is 1. The van der Waals surface area contributed by atoms with Crippen LogP contribution in [-0.4, -0.2) is 49.5 Å². The van der Waals surface area contributed by atoms with Crippen molar-refractivity contribution in [2.24, 2.45) is 11.8 Å². The SMILES string of the molecule is CC(C)C1NC(C)N(CC2CCS(=O)(=O)C2)C1=O. The minimum Gasteiger partial charge on any atom is -0.326 e. The molecule has 0 aromatic heterocycles. The van der Waals surface area contributed by atoms with Crippen LogP contribution in [0.3, 0.4) is 0 Å². The molecule has 0 spiro atoms. The van der Waals surface area contributed by atoms with Crippen LogP contribution in [0.4, 0.5) is 0 Å². The molecule has 2 saturated heterocycles. The Morgan fingerprint density at radius 3 is 2.56 bits per heavy atom. The number of carbonyl (C=O) groups excluding carboxylic acids is 1. The largest absolute Gasteiger partial charge is 0.326 e. The quantitative estimate of drug-likeness (QED) is 0.800. The van der Waals surface area contributed by atoms with Gasteiger partial charge in [-0.25, -0.2) is 8.42 Å². The van der Waals surface area contributed by atoms with Gasteiger partial charge < -0.3 is 4.90 Å². The molecule has 0 aromatic carbocycles. The van der Waals surface area contributed by atoms with E-state index in [4.69, 9.17) is 0 Å². The van der Waals surface area contributed by atoms with E-state index in [2.05, 4.69) is 5.32 Å². The van der Waals surface area contributed by atoms with Gasteiger partial charge in [0.15, 0.2) is 9.84 Å². The lowest BCUT2D eigenvalue weighted by atomic mass is 10.0. The average molecular weight is 274 g/mol. The Morgan fingerprint density at radius 2 is 2.11 bits per heavy atom. The summed E-state index contributed by atoms with van der Waals surface area (Å²) in [5.41, 5.74) is 0. The summed E-state index contributed by atoms with van der Waals surface area (Å²) in [6.07, 6.45) is 0.693. The van der Waals surface area contributed by atoms with Gasteiger partial charge in [0.05, 0.1) is 23.7 Å². The molecule has 0 aliphatic carbocycles. The molecule has 0 saturated carbocycles. The molecule has 2 fully saturated rings. The van der Waals surface area contributed by atoms with Crippen LogP contribution < -0.4 is 5.32 Å². The molecule has 1 amide bonds. The summed E-state index contributed by atoms with van der Waals surface area (Å²) in [6, 6.07) is -0.127. The number of carbonyl (C=O) groups is 1. The highest BCUT2D eigenvalue weighted by Gasteiger charge is 2.40. The number of nitrogens with zero attached hydrogens (tertiary/aromatic N) is 1. The van der Waals surface area contributed by atoms with Crippen LogP contribution in [-0.2, 0) is 14.6 Å². The average Bonchev–Trinajstić information content (AvgIpc) is 2.72. The van der Waals surface area contributed by atoms with E-state index in [1.807, 2.05) is 20.8 Å². The second-order valence-electron chi connectivity index (χ2n) is 5.82. The predicted molar refractivity (Wildman–Crippen MR) is 69.7 cm³/mol. The van der Waals surface area contributed by atoms with Gasteiger partial charge in [0.25, 0.3) is 0 Å². The van der Waals surface area contributed by atoms with Crippen molar-refractivity contribution in [1.82, 2.24) is 10.2 Å². The van der Waals surface area contributed by atoms with Crippen LogP contribution in [0, 0.1) is 11.8 Å². The number of amides is 1. The third-order valence-corrected chi connectivity index (χ3v) is 5.72. The van der Waals surface area contributed by atoms with Gasteiger partial charge in [-0.1, -0.05) is 13.8 Å². The number of rotatable bonds is 3. The maximum Gasteiger partial charge on any atom is 0.241 e. The van der Waals surface area contributed by atoms with Crippen LogP contribution in [0.1, 0.15) is 27.2 Å². The topological polar surface area (TPSA) is 66.5 Å². The fourth-order valence-corrected chi connectivity index (χ4v) is 4.66. The predicted octanol–water partition coefficient (Wildman–Crippen LogP) is 0.224. The lowest BCUT2D eigenvalue weighted by Crippen LogP contribution is -2.38. The zero-order valence-electron chi connectivity index (χ0n) is 11.2. The molecule has 6 heteroatoms. The summed E-state index contributed by atoms with van der Waals surface area (Å²) in [5.74, 6) is 0.985. The fraction of sp³-hybridized carbons (Fsp3) is 0.917. The molecule has 0 radical (unpaired) electrons. The molecule has 104 valence electrons. The Labute approximate surface area is 109 Å². The molecule has 2 heterocycles. The van der Waals surface area contributed by atoms with Gasteiger partial charge in [0.2, 0.25) is 5.91 Å². The summed E-state index contributed by atoms with van der Waals surface area (Å²) in [7, 11) is -2.86. The van der Waals surface area contributed by atoms with E-state index in [1.54, 1.807) is 4.90 Å². The number of sulfone groups is 1. The third kappa shape index (κ3) is 2.69. The standard InChI is InChI=1S/C12H22N2O3S/c1-8(2)11-12(15)14(9(3)13-11)6-10-4-5-18(16,17)7-10/h8-11,13H,4-7H2,1-3H3. The summed E-state index contributed by atoms with van der Waals surface area (Å²) in [4.78, 5) is 14.0. The maximum atomic E-state index is 12.2. The van der Waals surface area contributed by atoms with Crippen molar-refractivity contribution in [2.75, 3.05) is 18.1 Å². The van der Waals surface area contributed by atoms with Crippen LogP contribution in [0.25, 0.3) is 0 Å². The van der Waals surface area contributed by atoms with Gasteiger partial charge in [-0.05, 0) is 25.2 Å². The van der Waals surface area contributed by atoms with Gasteiger partial charge in [0, 0.05) is 6.54 Å². The molecule has 2 aliphatic heterocycles. The number of hydrogen-bond acceptors (Lipinski definition) is 4. The molecule has 3 unspecified atom stereocenters. The van der Waals surface area contributed by atoms with Crippen molar-refractivity contribution in [2.45, 2.75) is 39.4 Å². The van der Waals surface area contributed by atoms with E-state index in [-0.39, 0.29) is 41.5 Å². The van der Waals surface area contributed by atoms with E-state index in [0.717, 1.165) is 0 Å². The van der Waals surface area contributed by atoms with Crippen molar-refractivity contribution < 1.29 is 13.2 Å². The molecule has 1 N–H and O–H groups in total. The minimum atomic E-state index is -2.86. The Kier molecular flexibility index (Phi) is 3.69. The molecular formula is C12H22N2O3S. The van der Waals surface area contributed by atoms with Crippen molar-refractivity contribution in [1.29, 1.82) is 0 Å². The highest BCUT2D eigenvalue weighted by Crippen LogP contribution is 2.23. The molecule has 5 nitrogen and oxygen atoms in total. The van der Waals surface area contributed by atoms with Gasteiger partial charge in [-0.15, -0.1) is 0 Å².